The number of hydrogen-bond donors (Lipinski definition) is 1. The standard InChI is InChI=1S/C21H29N5O/c1-2-3-7-20-23-11-17(24-20)14-25-12-16-8-9-18(25)15-26(13-16)21(27)19-6-4-5-10-22-19/h4-6,10-11,16,18H,2-3,7-9,12-15H2,1H3,(H,23,24)/t16-,18-/m1/s1. The fourth-order valence-corrected chi connectivity index (χ4v) is 4.37. The van der Waals surface area contributed by atoms with Crippen molar-refractivity contribution in [1.29, 1.82) is 0 Å². The SMILES string of the molecule is CCCCc1ncc(CN2C[C@H]3CC[C@@H]2CN(C(=O)c2ccccn2)C3)[nH]1. The first kappa shape index (κ1) is 18.2. The number of nitrogens with one attached hydrogen (secondary N) is 1. The van der Waals surface area contributed by atoms with Crippen molar-refractivity contribution in [2.75, 3.05) is 19.6 Å². The Balaban J connectivity index is 1.42. The number of aromatic amines is 1. The van der Waals surface area contributed by atoms with Gasteiger partial charge in [-0.3, -0.25) is 14.7 Å². The van der Waals surface area contributed by atoms with Gasteiger partial charge >= 0.3 is 0 Å². The highest BCUT2D eigenvalue weighted by Crippen LogP contribution is 2.29. The largest absolute Gasteiger partial charge is 0.345 e. The maximum atomic E-state index is 12.9. The Morgan fingerprint density at radius 2 is 2.15 bits per heavy atom. The molecule has 3 saturated heterocycles. The van der Waals surface area contributed by atoms with Crippen molar-refractivity contribution in [3.05, 3.63) is 47.8 Å². The van der Waals surface area contributed by atoms with Crippen LogP contribution in [0.25, 0.3) is 0 Å². The summed E-state index contributed by atoms with van der Waals surface area (Å²) in [6, 6.07) is 5.96. The van der Waals surface area contributed by atoms with E-state index in [1.54, 1.807) is 6.20 Å². The first-order valence-corrected chi connectivity index (χ1v) is 10.2. The zero-order valence-corrected chi connectivity index (χ0v) is 16.1. The highest BCUT2D eigenvalue weighted by atomic mass is 16.2. The monoisotopic (exact) mass is 367 g/mol. The predicted molar refractivity (Wildman–Crippen MR) is 104 cm³/mol. The van der Waals surface area contributed by atoms with Crippen molar-refractivity contribution >= 4 is 5.91 Å². The van der Waals surface area contributed by atoms with Crippen LogP contribution in [0, 0.1) is 5.92 Å². The third-order valence-corrected chi connectivity index (χ3v) is 5.82. The number of fused-ring (bicyclic) bond motifs is 4. The van der Waals surface area contributed by atoms with Gasteiger partial charge in [0.2, 0.25) is 0 Å². The maximum absolute atomic E-state index is 12.9. The number of amides is 1. The van der Waals surface area contributed by atoms with Crippen molar-refractivity contribution < 1.29 is 4.79 Å². The predicted octanol–water partition coefficient (Wildman–Crippen LogP) is 2.88. The molecular weight excluding hydrogens is 338 g/mol. The van der Waals surface area contributed by atoms with Crippen LogP contribution in [-0.4, -0.2) is 56.3 Å². The van der Waals surface area contributed by atoms with Crippen molar-refractivity contribution in [3.8, 4) is 0 Å². The number of aromatic nitrogens is 3. The summed E-state index contributed by atoms with van der Waals surface area (Å²) in [5, 5.41) is 0. The Bertz CT molecular complexity index is 759. The molecule has 1 N–H and O–H groups in total. The molecular formula is C21H29N5O. The van der Waals surface area contributed by atoms with E-state index >= 15 is 0 Å². The molecule has 6 nitrogen and oxygen atoms in total. The van der Waals surface area contributed by atoms with Crippen molar-refractivity contribution in [2.45, 2.75) is 51.6 Å². The molecule has 2 aromatic rings. The van der Waals surface area contributed by atoms with Gasteiger partial charge in [0.25, 0.3) is 5.91 Å². The van der Waals surface area contributed by atoms with E-state index < -0.39 is 0 Å². The number of nitrogens with zero attached hydrogens (tertiary/aromatic N) is 4. The van der Waals surface area contributed by atoms with Gasteiger partial charge in [-0.2, -0.15) is 0 Å². The summed E-state index contributed by atoms with van der Waals surface area (Å²) in [5.74, 6) is 1.70. The second-order valence-corrected chi connectivity index (χ2v) is 7.91. The molecule has 3 aliphatic heterocycles. The minimum absolute atomic E-state index is 0.0674. The van der Waals surface area contributed by atoms with Crippen LogP contribution in [0.1, 0.15) is 54.6 Å². The van der Waals surface area contributed by atoms with Crippen LogP contribution in [0.4, 0.5) is 0 Å². The molecule has 0 aliphatic carbocycles. The normalized spacial score (nSPS) is 22.8. The number of piperidine rings is 1. The molecule has 6 heteroatoms. The van der Waals surface area contributed by atoms with E-state index in [-0.39, 0.29) is 5.91 Å². The van der Waals surface area contributed by atoms with Crippen LogP contribution < -0.4 is 0 Å². The first-order valence-electron chi connectivity index (χ1n) is 10.2. The lowest BCUT2D eigenvalue weighted by molar-refractivity contribution is 0.0730. The van der Waals surface area contributed by atoms with E-state index in [0.29, 0.717) is 17.7 Å². The molecule has 3 fully saturated rings. The van der Waals surface area contributed by atoms with Crippen LogP contribution in [0.2, 0.25) is 0 Å². The van der Waals surface area contributed by atoms with E-state index in [1.807, 2.05) is 29.3 Å². The Labute approximate surface area is 161 Å². The number of rotatable bonds is 6. The Morgan fingerprint density at radius 3 is 2.96 bits per heavy atom. The van der Waals surface area contributed by atoms with E-state index in [2.05, 4.69) is 26.8 Å². The number of hydrogen-bond acceptors (Lipinski definition) is 4. The van der Waals surface area contributed by atoms with Gasteiger partial charge in [0.05, 0.1) is 0 Å². The molecule has 0 unspecified atom stereocenters. The summed E-state index contributed by atoms with van der Waals surface area (Å²) < 4.78 is 0. The number of pyridine rings is 1. The van der Waals surface area contributed by atoms with Gasteiger partial charge < -0.3 is 9.88 Å². The van der Waals surface area contributed by atoms with Gasteiger partial charge in [-0.25, -0.2) is 4.98 Å². The number of carbonyl (C=O) groups is 1. The molecule has 5 rings (SSSR count). The van der Waals surface area contributed by atoms with Crippen LogP contribution in [0.3, 0.4) is 0 Å². The number of unbranched alkanes of at least 4 members (excludes halogenated alkanes) is 1. The fraction of sp³-hybridized carbons (Fsp3) is 0.571. The summed E-state index contributed by atoms with van der Waals surface area (Å²) in [7, 11) is 0. The lowest BCUT2D eigenvalue weighted by atomic mass is 9.95. The zero-order chi connectivity index (χ0) is 18.6. The molecule has 5 heterocycles. The third kappa shape index (κ3) is 4.21. The first-order chi connectivity index (χ1) is 13.2. The molecule has 0 radical (unpaired) electrons. The molecule has 2 bridgehead atoms. The van der Waals surface area contributed by atoms with Gasteiger partial charge in [-0.15, -0.1) is 0 Å². The van der Waals surface area contributed by atoms with Crippen molar-refractivity contribution in [2.24, 2.45) is 5.92 Å². The molecule has 0 saturated carbocycles. The van der Waals surface area contributed by atoms with Crippen LogP contribution in [0.5, 0.6) is 0 Å². The summed E-state index contributed by atoms with van der Waals surface area (Å²) in [6.45, 7) is 5.79. The minimum atomic E-state index is 0.0674. The Kier molecular flexibility index (Phi) is 5.53. The van der Waals surface area contributed by atoms with Crippen LogP contribution in [0.15, 0.2) is 30.6 Å². The summed E-state index contributed by atoms with van der Waals surface area (Å²) in [5.41, 5.74) is 1.75. The van der Waals surface area contributed by atoms with Gasteiger partial charge in [-0.1, -0.05) is 19.4 Å². The van der Waals surface area contributed by atoms with Crippen molar-refractivity contribution in [3.63, 3.8) is 0 Å². The smallest absolute Gasteiger partial charge is 0.272 e. The summed E-state index contributed by atoms with van der Waals surface area (Å²) >= 11 is 0. The van der Waals surface area contributed by atoms with Crippen LogP contribution >= 0.6 is 0 Å². The number of H-pyrrole nitrogens is 1. The fourth-order valence-electron chi connectivity index (χ4n) is 4.37. The van der Waals surface area contributed by atoms with Gasteiger partial charge in [0.15, 0.2) is 0 Å². The summed E-state index contributed by atoms with van der Waals surface area (Å²) in [4.78, 5) is 29.7. The average Bonchev–Trinajstić information content (AvgIpc) is 2.94. The molecule has 0 aromatic carbocycles. The zero-order valence-electron chi connectivity index (χ0n) is 16.1. The van der Waals surface area contributed by atoms with Gasteiger partial charge in [0.1, 0.15) is 11.5 Å². The Morgan fingerprint density at radius 1 is 1.22 bits per heavy atom. The average molecular weight is 367 g/mol. The van der Waals surface area contributed by atoms with E-state index in [9.17, 15) is 4.79 Å². The quantitative estimate of drug-likeness (QED) is 0.853. The number of imidazole rings is 1. The van der Waals surface area contributed by atoms with Crippen LogP contribution in [-0.2, 0) is 13.0 Å². The summed E-state index contributed by atoms with van der Waals surface area (Å²) in [6.07, 6.45) is 9.43. The topological polar surface area (TPSA) is 65.1 Å². The lowest BCUT2D eigenvalue weighted by Gasteiger charge is -2.35. The van der Waals surface area contributed by atoms with Gasteiger partial charge in [0, 0.05) is 56.7 Å². The molecule has 1 amide bonds. The van der Waals surface area contributed by atoms with Gasteiger partial charge in [-0.05, 0) is 37.3 Å². The van der Waals surface area contributed by atoms with E-state index in [1.165, 1.54) is 25.0 Å². The third-order valence-electron chi connectivity index (χ3n) is 5.82. The second kappa shape index (κ2) is 8.21. The van der Waals surface area contributed by atoms with Crippen molar-refractivity contribution in [1.82, 2.24) is 24.8 Å². The highest BCUT2D eigenvalue weighted by Gasteiger charge is 2.37. The molecule has 3 aliphatic rings. The lowest BCUT2D eigenvalue weighted by Crippen LogP contribution is -2.44. The number of carbonyl (C=O) groups excluding carboxylic acids is 1. The Hall–Kier alpha value is -2.21. The highest BCUT2D eigenvalue weighted by molar-refractivity contribution is 5.92. The molecule has 2 aromatic heterocycles. The van der Waals surface area contributed by atoms with E-state index in [0.717, 1.165) is 44.8 Å². The molecule has 2 atom stereocenters. The molecule has 27 heavy (non-hydrogen) atoms. The minimum Gasteiger partial charge on any atom is -0.345 e. The number of aryl methyl sites for hydroxylation is 1. The second-order valence-electron chi connectivity index (χ2n) is 7.91. The maximum Gasteiger partial charge on any atom is 0.272 e. The van der Waals surface area contributed by atoms with E-state index in [4.69, 9.17) is 0 Å². The molecule has 0 spiro atoms. The molecule has 144 valence electrons.